The molecule has 1 aromatic rings. The first kappa shape index (κ1) is 14.4. The number of rotatable bonds is 4. The molecule has 1 amide bonds. The van der Waals surface area contributed by atoms with E-state index in [0.717, 1.165) is 11.3 Å². The SMILES string of the molecule is Cc1nc(Cl)sc1S(=O)(=O)NC(C)(C)C(N)=O. The van der Waals surface area contributed by atoms with Crippen LogP contribution in [0.2, 0.25) is 4.47 Å². The third kappa shape index (κ3) is 3.15. The van der Waals surface area contributed by atoms with Gasteiger partial charge in [-0.05, 0) is 20.8 Å². The van der Waals surface area contributed by atoms with Gasteiger partial charge in [-0.25, -0.2) is 13.4 Å². The van der Waals surface area contributed by atoms with Gasteiger partial charge in [-0.3, -0.25) is 4.79 Å². The predicted molar refractivity (Wildman–Crippen MR) is 65.5 cm³/mol. The summed E-state index contributed by atoms with van der Waals surface area (Å²) in [6, 6.07) is 0. The fraction of sp³-hybridized carbons (Fsp3) is 0.500. The molecular weight excluding hydrogens is 286 g/mol. The summed E-state index contributed by atoms with van der Waals surface area (Å²) >= 11 is 6.45. The van der Waals surface area contributed by atoms with Crippen molar-refractivity contribution in [1.82, 2.24) is 9.71 Å². The molecule has 0 fully saturated rings. The van der Waals surface area contributed by atoms with E-state index in [-0.39, 0.29) is 14.4 Å². The third-order valence-electron chi connectivity index (χ3n) is 1.98. The van der Waals surface area contributed by atoms with Crippen molar-refractivity contribution in [3.8, 4) is 0 Å². The lowest BCUT2D eigenvalue weighted by molar-refractivity contribution is -0.122. The number of sulfonamides is 1. The number of carbonyl (C=O) groups is 1. The molecule has 0 aliphatic heterocycles. The summed E-state index contributed by atoms with van der Waals surface area (Å²) in [7, 11) is -3.85. The van der Waals surface area contributed by atoms with Gasteiger partial charge >= 0.3 is 0 Å². The van der Waals surface area contributed by atoms with Crippen molar-refractivity contribution < 1.29 is 13.2 Å². The van der Waals surface area contributed by atoms with Crippen molar-refractivity contribution in [2.75, 3.05) is 0 Å². The summed E-state index contributed by atoms with van der Waals surface area (Å²) in [5.41, 5.74) is 4.01. The first-order valence-electron chi connectivity index (χ1n) is 4.53. The molecule has 9 heteroatoms. The van der Waals surface area contributed by atoms with E-state index in [1.807, 2.05) is 0 Å². The molecule has 0 aliphatic rings. The normalized spacial score (nSPS) is 12.7. The highest BCUT2D eigenvalue weighted by Gasteiger charge is 2.33. The number of primary amides is 1. The van der Waals surface area contributed by atoms with Gasteiger partial charge in [0.25, 0.3) is 10.0 Å². The van der Waals surface area contributed by atoms with E-state index in [1.165, 1.54) is 20.8 Å². The molecular formula is C8H12ClN3O3S2. The zero-order valence-electron chi connectivity index (χ0n) is 9.44. The maximum absolute atomic E-state index is 12.0. The predicted octanol–water partition coefficient (Wildman–Crippen LogP) is 0.647. The standard InChI is InChI=1S/C8H12ClN3O3S2/c1-4-5(16-7(9)11-4)17(14,15)12-8(2,3)6(10)13/h12H,1-3H3,(H2,10,13). The van der Waals surface area contributed by atoms with E-state index in [1.54, 1.807) is 0 Å². The number of nitrogens with zero attached hydrogens (tertiary/aromatic N) is 1. The van der Waals surface area contributed by atoms with Crippen molar-refractivity contribution in [3.63, 3.8) is 0 Å². The topological polar surface area (TPSA) is 102 Å². The molecule has 0 radical (unpaired) electrons. The number of carbonyl (C=O) groups excluding carboxylic acids is 1. The van der Waals surface area contributed by atoms with Gasteiger partial charge in [-0.2, -0.15) is 4.72 Å². The average molecular weight is 298 g/mol. The molecule has 6 nitrogen and oxygen atoms in total. The van der Waals surface area contributed by atoms with Crippen LogP contribution in [0.4, 0.5) is 0 Å². The minimum Gasteiger partial charge on any atom is -0.368 e. The number of nitrogens with one attached hydrogen (secondary N) is 1. The minimum atomic E-state index is -3.85. The van der Waals surface area contributed by atoms with E-state index in [2.05, 4.69) is 9.71 Å². The molecule has 0 spiro atoms. The Morgan fingerprint density at radius 1 is 1.53 bits per heavy atom. The number of aromatic nitrogens is 1. The van der Waals surface area contributed by atoms with Crippen molar-refractivity contribution in [3.05, 3.63) is 10.2 Å². The highest BCUT2D eigenvalue weighted by molar-refractivity contribution is 7.91. The molecule has 96 valence electrons. The Morgan fingerprint density at radius 3 is 2.41 bits per heavy atom. The van der Waals surface area contributed by atoms with E-state index in [9.17, 15) is 13.2 Å². The Hall–Kier alpha value is -0.700. The van der Waals surface area contributed by atoms with E-state index in [4.69, 9.17) is 17.3 Å². The van der Waals surface area contributed by atoms with Gasteiger partial charge in [-0.15, -0.1) is 0 Å². The number of nitrogens with two attached hydrogens (primary N) is 1. The fourth-order valence-electron chi connectivity index (χ4n) is 1.03. The highest BCUT2D eigenvalue weighted by atomic mass is 35.5. The van der Waals surface area contributed by atoms with Gasteiger partial charge in [0.2, 0.25) is 5.91 Å². The second-order valence-electron chi connectivity index (χ2n) is 3.93. The Bertz CT molecular complexity index is 550. The number of hydrogen-bond donors (Lipinski definition) is 2. The number of halogens is 1. The van der Waals surface area contributed by atoms with Gasteiger partial charge in [-0.1, -0.05) is 22.9 Å². The molecule has 0 saturated carbocycles. The van der Waals surface area contributed by atoms with Gasteiger partial charge in [0.1, 0.15) is 5.54 Å². The van der Waals surface area contributed by atoms with Crippen molar-refractivity contribution >= 4 is 38.9 Å². The van der Waals surface area contributed by atoms with Crippen LogP contribution in [0.25, 0.3) is 0 Å². The summed E-state index contributed by atoms with van der Waals surface area (Å²) in [6.07, 6.45) is 0. The lowest BCUT2D eigenvalue weighted by Crippen LogP contribution is -2.52. The zero-order valence-corrected chi connectivity index (χ0v) is 11.8. The van der Waals surface area contributed by atoms with E-state index < -0.39 is 21.5 Å². The first-order chi connectivity index (χ1) is 7.56. The van der Waals surface area contributed by atoms with Crippen LogP contribution in [-0.2, 0) is 14.8 Å². The van der Waals surface area contributed by atoms with Crippen LogP contribution < -0.4 is 10.5 Å². The molecule has 3 N–H and O–H groups in total. The fourth-order valence-corrected chi connectivity index (χ4v) is 4.16. The van der Waals surface area contributed by atoms with Crippen molar-refractivity contribution in [2.24, 2.45) is 5.73 Å². The molecule has 0 aromatic carbocycles. The Morgan fingerprint density at radius 2 is 2.06 bits per heavy atom. The third-order valence-corrected chi connectivity index (χ3v) is 5.50. The molecule has 1 heterocycles. The molecule has 0 saturated heterocycles. The molecule has 1 rings (SSSR count). The zero-order chi connectivity index (χ0) is 13.4. The van der Waals surface area contributed by atoms with Gasteiger partial charge in [0, 0.05) is 0 Å². The van der Waals surface area contributed by atoms with Crippen LogP contribution in [0, 0.1) is 6.92 Å². The van der Waals surface area contributed by atoms with Crippen LogP contribution in [0.3, 0.4) is 0 Å². The quantitative estimate of drug-likeness (QED) is 0.851. The molecule has 1 aromatic heterocycles. The van der Waals surface area contributed by atoms with Crippen molar-refractivity contribution in [1.29, 1.82) is 0 Å². The largest absolute Gasteiger partial charge is 0.368 e. The molecule has 0 aliphatic carbocycles. The molecule has 0 atom stereocenters. The Labute approximate surface area is 108 Å². The lowest BCUT2D eigenvalue weighted by Gasteiger charge is -2.21. The molecule has 17 heavy (non-hydrogen) atoms. The van der Waals surface area contributed by atoms with Gasteiger partial charge in [0.15, 0.2) is 8.68 Å². The van der Waals surface area contributed by atoms with Crippen LogP contribution in [0.15, 0.2) is 4.21 Å². The average Bonchev–Trinajstić information content (AvgIpc) is 2.43. The Balaban J connectivity index is 3.14. The summed E-state index contributed by atoms with van der Waals surface area (Å²) in [5.74, 6) is -0.769. The summed E-state index contributed by atoms with van der Waals surface area (Å²) in [6.45, 7) is 4.28. The maximum atomic E-state index is 12.0. The second-order valence-corrected chi connectivity index (χ2v) is 7.39. The summed E-state index contributed by atoms with van der Waals surface area (Å²) < 4.78 is 26.3. The van der Waals surface area contributed by atoms with E-state index in [0.29, 0.717) is 0 Å². The number of hydrogen-bond acceptors (Lipinski definition) is 5. The van der Waals surface area contributed by atoms with Crippen LogP contribution in [0.5, 0.6) is 0 Å². The van der Waals surface area contributed by atoms with Gasteiger partial charge < -0.3 is 5.73 Å². The minimum absolute atomic E-state index is 0.0168. The molecule has 0 unspecified atom stereocenters. The summed E-state index contributed by atoms with van der Waals surface area (Å²) in [4.78, 5) is 14.9. The first-order valence-corrected chi connectivity index (χ1v) is 7.21. The number of amides is 1. The summed E-state index contributed by atoms with van der Waals surface area (Å²) in [5, 5.41) is 0. The maximum Gasteiger partial charge on any atom is 0.252 e. The lowest BCUT2D eigenvalue weighted by atomic mass is 10.1. The number of thiazole rings is 1. The molecule has 0 bridgehead atoms. The van der Waals surface area contributed by atoms with Crippen molar-refractivity contribution in [2.45, 2.75) is 30.5 Å². The van der Waals surface area contributed by atoms with E-state index >= 15 is 0 Å². The monoisotopic (exact) mass is 297 g/mol. The van der Waals surface area contributed by atoms with Crippen LogP contribution in [-0.4, -0.2) is 24.8 Å². The number of aryl methyl sites for hydroxylation is 1. The second kappa shape index (κ2) is 4.52. The van der Waals surface area contributed by atoms with Crippen LogP contribution in [0.1, 0.15) is 19.5 Å². The Kier molecular flexibility index (Phi) is 3.82. The smallest absolute Gasteiger partial charge is 0.252 e. The highest BCUT2D eigenvalue weighted by Crippen LogP contribution is 2.27. The van der Waals surface area contributed by atoms with Crippen LogP contribution >= 0.6 is 22.9 Å². The van der Waals surface area contributed by atoms with Gasteiger partial charge in [0.05, 0.1) is 5.69 Å².